The van der Waals surface area contributed by atoms with Crippen LogP contribution in [0.5, 0.6) is 5.75 Å². The van der Waals surface area contributed by atoms with E-state index in [1.165, 1.54) is 0 Å². The van der Waals surface area contributed by atoms with E-state index in [1.54, 1.807) is 31.4 Å². The van der Waals surface area contributed by atoms with Crippen LogP contribution in [-0.2, 0) is 6.54 Å². The molecule has 0 bridgehead atoms. The average molecular weight is 436 g/mol. The molecule has 0 atom stereocenters. The number of halogens is 1. The number of nitrogens with one attached hydrogen (secondary N) is 2. The fourth-order valence-corrected chi connectivity index (χ4v) is 3.90. The summed E-state index contributed by atoms with van der Waals surface area (Å²) in [7, 11) is 1.71. The summed E-state index contributed by atoms with van der Waals surface area (Å²) in [5.74, 6) is 0.734. The molecule has 4 rings (SSSR count). The van der Waals surface area contributed by atoms with Crippen molar-refractivity contribution in [2.45, 2.75) is 6.54 Å². The molecule has 3 aromatic rings. The maximum Gasteiger partial charge on any atom is 0.255 e. The second kappa shape index (κ2) is 9.96. The van der Waals surface area contributed by atoms with E-state index in [-0.39, 0.29) is 5.91 Å². The molecule has 31 heavy (non-hydrogen) atoms. The molecule has 0 aromatic heterocycles. The number of piperazine rings is 1. The van der Waals surface area contributed by atoms with Crippen LogP contribution in [-0.4, -0.2) is 44.1 Å². The fourth-order valence-electron chi connectivity index (χ4n) is 3.77. The summed E-state index contributed by atoms with van der Waals surface area (Å²) in [4.78, 5) is 15.0. The Morgan fingerprint density at radius 3 is 2.52 bits per heavy atom. The van der Waals surface area contributed by atoms with Crippen LogP contribution >= 0.6 is 11.6 Å². The van der Waals surface area contributed by atoms with Gasteiger partial charge in [-0.3, -0.25) is 9.69 Å². The average Bonchev–Trinajstić information content (AvgIpc) is 2.80. The zero-order chi connectivity index (χ0) is 21.6. The van der Waals surface area contributed by atoms with Crippen LogP contribution in [0.15, 0.2) is 66.7 Å². The Hall–Kier alpha value is -2.86. The summed E-state index contributed by atoms with van der Waals surface area (Å²) in [6.45, 7) is 4.93. The summed E-state index contributed by atoms with van der Waals surface area (Å²) in [6.07, 6.45) is 0. The van der Waals surface area contributed by atoms with E-state index in [0.717, 1.165) is 60.9 Å². The third-order valence-electron chi connectivity index (χ3n) is 5.44. The lowest BCUT2D eigenvalue weighted by Crippen LogP contribution is -2.42. The quantitative estimate of drug-likeness (QED) is 0.590. The number of rotatable bonds is 6. The van der Waals surface area contributed by atoms with Crippen LogP contribution in [0.1, 0.15) is 15.9 Å². The molecular formula is C25H26ClN3O2. The molecule has 1 heterocycles. The monoisotopic (exact) mass is 435 g/mol. The van der Waals surface area contributed by atoms with Crippen molar-refractivity contribution in [2.24, 2.45) is 0 Å². The number of carbonyl (C=O) groups excluding carboxylic acids is 1. The molecule has 2 N–H and O–H groups in total. The first-order chi connectivity index (χ1) is 15.1. The van der Waals surface area contributed by atoms with Gasteiger partial charge in [-0.25, -0.2) is 0 Å². The molecule has 1 saturated heterocycles. The van der Waals surface area contributed by atoms with Gasteiger partial charge in [0.15, 0.2) is 0 Å². The van der Waals surface area contributed by atoms with Gasteiger partial charge in [0.1, 0.15) is 5.75 Å². The molecule has 1 aliphatic heterocycles. The molecule has 0 saturated carbocycles. The van der Waals surface area contributed by atoms with Gasteiger partial charge in [0.2, 0.25) is 0 Å². The van der Waals surface area contributed by atoms with E-state index < -0.39 is 0 Å². The number of benzene rings is 3. The van der Waals surface area contributed by atoms with E-state index in [1.807, 2.05) is 30.3 Å². The van der Waals surface area contributed by atoms with Crippen LogP contribution in [0.2, 0.25) is 5.02 Å². The highest BCUT2D eigenvalue weighted by atomic mass is 35.5. The van der Waals surface area contributed by atoms with Crippen molar-refractivity contribution in [3.05, 3.63) is 82.9 Å². The Labute approximate surface area is 188 Å². The smallest absolute Gasteiger partial charge is 0.255 e. The topological polar surface area (TPSA) is 53.6 Å². The maximum absolute atomic E-state index is 12.6. The molecule has 1 aliphatic rings. The maximum atomic E-state index is 12.6. The van der Waals surface area contributed by atoms with Crippen molar-refractivity contribution in [1.29, 1.82) is 0 Å². The molecule has 0 unspecified atom stereocenters. The first-order valence-corrected chi connectivity index (χ1v) is 10.8. The molecular weight excluding hydrogens is 410 g/mol. The van der Waals surface area contributed by atoms with Gasteiger partial charge >= 0.3 is 0 Å². The molecule has 0 radical (unpaired) electrons. The normalized spacial score (nSPS) is 14.3. The number of methoxy groups -OCH3 is 1. The van der Waals surface area contributed by atoms with Crippen molar-refractivity contribution >= 4 is 23.2 Å². The van der Waals surface area contributed by atoms with Crippen LogP contribution < -0.4 is 15.4 Å². The van der Waals surface area contributed by atoms with Gasteiger partial charge in [0.05, 0.1) is 7.11 Å². The lowest BCUT2D eigenvalue weighted by atomic mass is 10.0. The van der Waals surface area contributed by atoms with Gasteiger partial charge in [0, 0.05) is 54.6 Å². The van der Waals surface area contributed by atoms with Gasteiger partial charge in [-0.1, -0.05) is 29.8 Å². The molecule has 0 spiro atoms. The van der Waals surface area contributed by atoms with Crippen molar-refractivity contribution in [3.8, 4) is 16.9 Å². The van der Waals surface area contributed by atoms with E-state index >= 15 is 0 Å². The molecule has 0 aliphatic carbocycles. The largest absolute Gasteiger partial charge is 0.496 e. The van der Waals surface area contributed by atoms with E-state index in [9.17, 15) is 4.79 Å². The van der Waals surface area contributed by atoms with Gasteiger partial charge < -0.3 is 15.4 Å². The third-order valence-corrected chi connectivity index (χ3v) is 5.70. The second-order valence-electron chi connectivity index (χ2n) is 7.59. The van der Waals surface area contributed by atoms with E-state index in [0.29, 0.717) is 10.6 Å². The number of anilines is 1. The van der Waals surface area contributed by atoms with Crippen molar-refractivity contribution in [2.75, 3.05) is 38.6 Å². The molecule has 160 valence electrons. The Bertz CT molecular complexity index is 1050. The van der Waals surface area contributed by atoms with Crippen LogP contribution in [0.25, 0.3) is 11.1 Å². The number of nitrogens with zero attached hydrogens (tertiary/aromatic N) is 1. The lowest BCUT2D eigenvalue weighted by Gasteiger charge is -2.28. The number of hydrogen-bond donors (Lipinski definition) is 2. The van der Waals surface area contributed by atoms with Gasteiger partial charge in [-0.05, 0) is 59.7 Å². The molecule has 3 aromatic carbocycles. The molecule has 5 nitrogen and oxygen atoms in total. The lowest BCUT2D eigenvalue weighted by molar-refractivity contribution is 0.102. The van der Waals surface area contributed by atoms with Crippen molar-refractivity contribution in [3.63, 3.8) is 0 Å². The summed E-state index contributed by atoms with van der Waals surface area (Å²) >= 11 is 5.91. The highest BCUT2D eigenvalue weighted by Gasteiger charge is 2.14. The minimum atomic E-state index is -0.164. The highest BCUT2D eigenvalue weighted by Crippen LogP contribution is 2.29. The Kier molecular flexibility index (Phi) is 6.87. The van der Waals surface area contributed by atoms with Crippen molar-refractivity contribution < 1.29 is 9.53 Å². The Balaban J connectivity index is 1.54. The Morgan fingerprint density at radius 1 is 1.03 bits per heavy atom. The molecule has 6 heteroatoms. The number of carbonyl (C=O) groups is 1. The first kappa shape index (κ1) is 21.4. The summed E-state index contributed by atoms with van der Waals surface area (Å²) < 4.78 is 5.60. The molecule has 1 fully saturated rings. The Morgan fingerprint density at radius 2 is 1.77 bits per heavy atom. The van der Waals surface area contributed by atoms with Gasteiger partial charge in [-0.15, -0.1) is 0 Å². The van der Waals surface area contributed by atoms with E-state index in [2.05, 4.69) is 27.7 Å². The van der Waals surface area contributed by atoms with Crippen LogP contribution in [0.3, 0.4) is 0 Å². The zero-order valence-electron chi connectivity index (χ0n) is 17.5. The van der Waals surface area contributed by atoms with Crippen LogP contribution in [0, 0.1) is 0 Å². The zero-order valence-corrected chi connectivity index (χ0v) is 18.3. The number of ether oxygens (including phenoxy) is 1. The number of amides is 1. The van der Waals surface area contributed by atoms with Crippen LogP contribution in [0.4, 0.5) is 5.69 Å². The highest BCUT2D eigenvalue weighted by molar-refractivity contribution is 6.30. The SMILES string of the molecule is COc1ccc(-c2cccc(NC(=O)c3ccc(Cl)cc3)c2)cc1CN1CCNCC1. The predicted octanol–water partition coefficient (Wildman–Crippen LogP) is 4.67. The summed E-state index contributed by atoms with van der Waals surface area (Å²) in [5.41, 5.74) is 4.61. The summed E-state index contributed by atoms with van der Waals surface area (Å²) in [5, 5.41) is 6.96. The second-order valence-corrected chi connectivity index (χ2v) is 8.03. The standard InChI is InChI=1S/C25H26ClN3O2/c1-31-24-10-7-20(15-21(24)17-29-13-11-27-12-14-29)19-3-2-4-23(16-19)28-25(30)18-5-8-22(26)9-6-18/h2-10,15-16,27H,11-14,17H2,1H3,(H,28,30). The summed E-state index contributed by atoms with van der Waals surface area (Å²) in [6, 6.07) is 21.0. The first-order valence-electron chi connectivity index (χ1n) is 10.4. The third kappa shape index (κ3) is 5.44. The fraction of sp³-hybridized carbons (Fsp3) is 0.240. The minimum Gasteiger partial charge on any atom is -0.496 e. The predicted molar refractivity (Wildman–Crippen MR) is 126 cm³/mol. The molecule has 1 amide bonds. The number of hydrogen-bond acceptors (Lipinski definition) is 4. The van der Waals surface area contributed by atoms with Gasteiger partial charge in [0.25, 0.3) is 5.91 Å². The van der Waals surface area contributed by atoms with Gasteiger partial charge in [-0.2, -0.15) is 0 Å². The van der Waals surface area contributed by atoms with Crippen molar-refractivity contribution in [1.82, 2.24) is 10.2 Å². The van der Waals surface area contributed by atoms with E-state index in [4.69, 9.17) is 16.3 Å². The minimum absolute atomic E-state index is 0.164.